The minimum atomic E-state index is 0.0507. The smallest absolute Gasteiger partial charge is 0.0687 e. The summed E-state index contributed by atoms with van der Waals surface area (Å²) in [4.78, 5) is 0. The summed E-state index contributed by atoms with van der Waals surface area (Å²) in [7, 11) is 0. The fourth-order valence-corrected chi connectivity index (χ4v) is 3.65. The zero-order chi connectivity index (χ0) is 16.5. The second-order valence-corrected chi connectivity index (χ2v) is 6.29. The molecule has 0 radical (unpaired) electrons. The molecule has 118 valence electrons. The van der Waals surface area contributed by atoms with Crippen molar-refractivity contribution in [1.29, 1.82) is 0 Å². The van der Waals surface area contributed by atoms with Gasteiger partial charge in [-0.3, -0.25) is 0 Å². The number of aliphatic hydroxyl groups is 1. The van der Waals surface area contributed by atoms with Crippen LogP contribution in [0.2, 0.25) is 0 Å². The molecule has 3 aromatic rings. The Morgan fingerprint density at radius 1 is 0.875 bits per heavy atom. The highest BCUT2D eigenvalue weighted by molar-refractivity contribution is 6.03. The van der Waals surface area contributed by atoms with E-state index in [1.807, 2.05) is 18.2 Å². The van der Waals surface area contributed by atoms with Crippen LogP contribution >= 0.6 is 0 Å². The van der Waals surface area contributed by atoms with E-state index in [4.69, 9.17) is 0 Å². The Balaban J connectivity index is 2.09. The molecule has 4 rings (SSSR count). The third-order valence-corrected chi connectivity index (χ3v) is 4.88. The molecular weight excluding hydrogens is 292 g/mol. The van der Waals surface area contributed by atoms with Crippen molar-refractivity contribution in [3.05, 3.63) is 89.5 Å². The van der Waals surface area contributed by atoms with Gasteiger partial charge in [-0.2, -0.15) is 0 Å². The van der Waals surface area contributed by atoms with Gasteiger partial charge in [0.1, 0.15) is 0 Å². The standard InChI is InChI=1S/C23H20O/c1-16-7-6-12-19(16)22-14-13-17-8-2-4-10-20(17)23(22)21-11-5-3-9-18(21)15-24/h2-11,13-14,24H,12,15H2,1H3. The van der Waals surface area contributed by atoms with Crippen LogP contribution in [0.5, 0.6) is 0 Å². The summed E-state index contributed by atoms with van der Waals surface area (Å²) in [5, 5.41) is 12.3. The largest absolute Gasteiger partial charge is 0.392 e. The van der Waals surface area contributed by atoms with Gasteiger partial charge >= 0.3 is 0 Å². The molecular formula is C23H20O. The van der Waals surface area contributed by atoms with Crippen LogP contribution in [0.3, 0.4) is 0 Å². The first kappa shape index (κ1) is 14.9. The summed E-state index contributed by atoms with van der Waals surface area (Å²) in [6, 6.07) is 21.1. The van der Waals surface area contributed by atoms with E-state index in [0.29, 0.717) is 0 Å². The lowest BCUT2D eigenvalue weighted by Gasteiger charge is -2.18. The number of rotatable bonds is 3. The third kappa shape index (κ3) is 2.38. The maximum Gasteiger partial charge on any atom is 0.0687 e. The lowest BCUT2D eigenvalue weighted by molar-refractivity contribution is 0.282. The number of allylic oxidation sites excluding steroid dienone is 4. The number of aliphatic hydroxyl groups excluding tert-OH is 1. The van der Waals surface area contributed by atoms with E-state index in [1.165, 1.54) is 33.0 Å². The van der Waals surface area contributed by atoms with Gasteiger partial charge in [-0.1, -0.05) is 72.8 Å². The van der Waals surface area contributed by atoms with Crippen LogP contribution in [0.4, 0.5) is 0 Å². The molecule has 3 aromatic carbocycles. The SMILES string of the molecule is CC1=C(c2ccc3ccccc3c2-c2ccccc2CO)CC=C1. The van der Waals surface area contributed by atoms with Gasteiger partial charge < -0.3 is 5.11 Å². The predicted octanol–water partition coefficient (Wildman–Crippen LogP) is 5.73. The molecule has 0 saturated carbocycles. The third-order valence-electron chi connectivity index (χ3n) is 4.88. The van der Waals surface area contributed by atoms with E-state index in [0.717, 1.165) is 17.5 Å². The molecule has 0 atom stereocenters. The lowest BCUT2D eigenvalue weighted by atomic mass is 9.86. The second kappa shape index (κ2) is 6.10. The second-order valence-electron chi connectivity index (χ2n) is 6.29. The highest BCUT2D eigenvalue weighted by Gasteiger charge is 2.17. The van der Waals surface area contributed by atoms with Gasteiger partial charge in [0.2, 0.25) is 0 Å². The monoisotopic (exact) mass is 312 g/mol. The molecule has 0 spiro atoms. The van der Waals surface area contributed by atoms with Crippen molar-refractivity contribution in [2.24, 2.45) is 0 Å². The molecule has 0 heterocycles. The number of benzene rings is 3. The molecule has 0 amide bonds. The molecule has 1 heteroatoms. The van der Waals surface area contributed by atoms with Crippen molar-refractivity contribution >= 4 is 16.3 Å². The zero-order valence-corrected chi connectivity index (χ0v) is 13.8. The molecule has 0 bridgehead atoms. The Morgan fingerprint density at radius 3 is 2.46 bits per heavy atom. The first-order valence-corrected chi connectivity index (χ1v) is 8.37. The summed E-state index contributed by atoms with van der Waals surface area (Å²) in [6.45, 7) is 2.23. The molecule has 0 saturated heterocycles. The van der Waals surface area contributed by atoms with Crippen molar-refractivity contribution in [3.8, 4) is 11.1 Å². The van der Waals surface area contributed by atoms with Crippen molar-refractivity contribution < 1.29 is 5.11 Å². The molecule has 1 N–H and O–H groups in total. The van der Waals surface area contributed by atoms with Crippen molar-refractivity contribution in [2.75, 3.05) is 0 Å². The molecule has 0 fully saturated rings. The van der Waals surface area contributed by atoms with E-state index in [9.17, 15) is 5.11 Å². The maximum atomic E-state index is 9.84. The molecule has 1 aliphatic rings. The van der Waals surface area contributed by atoms with E-state index in [2.05, 4.69) is 61.5 Å². The quantitative estimate of drug-likeness (QED) is 0.654. The predicted molar refractivity (Wildman–Crippen MR) is 102 cm³/mol. The van der Waals surface area contributed by atoms with Crippen LogP contribution < -0.4 is 0 Å². The van der Waals surface area contributed by atoms with Crippen molar-refractivity contribution in [3.63, 3.8) is 0 Å². The Hall–Kier alpha value is -2.64. The van der Waals surface area contributed by atoms with Crippen LogP contribution in [0.25, 0.3) is 27.5 Å². The zero-order valence-electron chi connectivity index (χ0n) is 13.8. The molecule has 1 nitrogen and oxygen atoms in total. The first-order valence-electron chi connectivity index (χ1n) is 8.37. The Morgan fingerprint density at radius 2 is 1.67 bits per heavy atom. The topological polar surface area (TPSA) is 20.2 Å². The van der Waals surface area contributed by atoms with E-state index in [1.54, 1.807) is 0 Å². The van der Waals surface area contributed by atoms with Gasteiger partial charge in [0.05, 0.1) is 6.61 Å². The number of fused-ring (bicyclic) bond motifs is 1. The van der Waals surface area contributed by atoms with E-state index >= 15 is 0 Å². The van der Waals surface area contributed by atoms with Gasteiger partial charge in [0.25, 0.3) is 0 Å². The molecule has 0 aliphatic heterocycles. The van der Waals surface area contributed by atoms with Crippen LogP contribution in [0.15, 0.2) is 78.4 Å². The fraction of sp³-hybridized carbons (Fsp3) is 0.130. The number of hydrogen-bond acceptors (Lipinski definition) is 1. The summed E-state index contributed by atoms with van der Waals surface area (Å²) < 4.78 is 0. The minimum absolute atomic E-state index is 0.0507. The van der Waals surface area contributed by atoms with Crippen LogP contribution in [-0.2, 0) is 6.61 Å². The van der Waals surface area contributed by atoms with Crippen LogP contribution in [0.1, 0.15) is 24.5 Å². The van der Waals surface area contributed by atoms with Crippen molar-refractivity contribution in [2.45, 2.75) is 20.0 Å². The molecule has 0 unspecified atom stereocenters. The van der Waals surface area contributed by atoms with Crippen LogP contribution in [-0.4, -0.2) is 5.11 Å². The van der Waals surface area contributed by atoms with E-state index in [-0.39, 0.29) is 6.61 Å². The first-order chi connectivity index (χ1) is 11.8. The Kier molecular flexibility index (Phi) is 3.79. The van der Waals surface area contributed by atoms with Gasteiger partial charge in [-0.15, -0.1) is 0 Å². The summed E-state index contributed by atoms with van der Waals surface area (Å²) in [5.41, 5.74) is 7.31. The number of hydrogen-bond donors (Lipinski definition) is 1. The average molecular weight is 312 g/mol. The minimum Gasteiger partial charge on any atom is -0.392 e. The normalized spacial score (nSPS) is 13.9. The van der Waals surface area contributed by atoms with Crippen LogP contribution in [0, 0.1) is 0 Å². The van der Waals surface area contributed by atoms with E-state index < -0.39 is 0 Å². The summed E-state index contributed by atoms with van der Waals surface area (Å²) in [5.74, 6) is 0. The van der Waals surface area contributed by atoms with Gasteiger partial charge in [-0.25, -0.2) is 0 Å². The highest BCUT2D eigenvalue weighted by atomic mass is 16.3. The maximum absolute atomic E-state index is 9.84. The van der Waals surface area contributed by atoms with Gasteiger partial charge in [0.15, 0.2) is 0 Å². The lowest BCUT2D eigenvalue weighted by Crippen LogP contribution is -1.96. The van der Waals surface area contributed by atoms with Gasteiger partial charge in [-0.05, 0) is 57.5 Å². The summed E-state index contributed by atoms with van der Waals surface area (Å²) >= 11 is 0. The highest BCUT2D eigenvalue weighted by Crippen LogP contribution is 2.41. The summed E-state index contributed by atoms with van der Waals surface area (Å²) in [6.07, 6.45) is 5.40. The molecule has 0 aromatic heterocycles. The molecule has 24 heavy (non-hydrogen) atoms. The molecule has 1 aliphatic carbocycles. The Bertz CT molecular complexity index is 976. The van der Waals surface area contributed by atoms with Gasteiger partial charge in [0, 0.05) is 0 Å². The average Bonchev–Trinajstić information content (AvgIpc) is 3.06. The van der Waals surface area contributed by atoms with Crippen molar-refractivity contribution in [1.82, 2.24) is 0 Å². The Labute approximate surface area is 142 Å². The fourth-order valence-electron chi connectivity index (χ4n) is 3.65.